The van der Waals surface area contributed by atoms with Crippen LogP contribution in [0.5, 0.6) is 0 Å². The Bertz CT molecular complexity index is 2160. The van der Waals surface area contributed by atoms with Crippen molar-refractivity contribution >= 4 is 41.3 Å². The fraction of sp³-hybridized carbons (Fsp3) is 0.737. The van der Waals surface area contributed by atoms with E-state index in [0.717, 1.165) is 4.90 Å². The zero-order chi connectivity index (χ0) is 57.5. The summed E-state index contributed by atoms with van der Waals surface area (Å²) < 4.78 is 29.2. The van der Waals surface area contributed by atoms with Gasteiger partial charge in [-0.2, -0.15) is 5.06 Å². The number of fused-ring (bicyclic) bond motifs is 3. The van der Waals surface area contributed by atoms with E-state index in [1.807, 2.05) is 26.8 Å². The molecular weight excluding hydrogens is 999 g/mol. The molecule has 77 heavy (non-hydrogen) atoms. The zero-order valence-electron chi connectivity index (χ0n) is 47.5. The SMILES string of the molecule is CCC(C)OC(=O)N(O)[C@H]1C[C@@H]2CC[C@@H](C)[C@@](O)(O2)C(=O)C(=O)N2CCCC[C@H]2C(=O)O[C@H]([C@H](C)C[C@@H]2CC[C@@H](C(=O)ON(C)O)[C@H](OC)C2)CC(=O)[C@H](C)/C=C(\C)[C@@H](O)[C@@H](OC)C(=O)[C@H](C)C[C@H](C)/C=C/C=C/C=C/1C. The highest BCUT2D eigenvalue weighted by molar-refractivity contribution is 6.39. The molecule has 0 aromatic carbocycles. The summed E-state index contributed by atoms with van der Waals surface area (Å²) >= 11 is 0. The monoisotopic (exact) mass is 1090 g/mol. The summed E-state index contributed by atoms with van der Waals surface area (Å²) in [6, 6.07) is -2.34. The third-order valence-electron chi connectivity index (χ3n) is 16.1. The Hall–Kier alpha value is -4.67. The van der Waals surface area contributed by atoms with Crippen LogP contribution in [0.1, 0.15) is 146 Å². The van der Waals surface area contributed by atoms with E-state index in [1.54, 1.807) is 71.9 Å². The fourth-order valence-corrected chi connectivity index (χ4v) is 11.1. The van der Waals surface area contributed by atoms with Gasteiger partial charge in [-0.05, 0) is 126 Å². The molecule has 20 nitrogen and oxygen atoms in total. The third-order valence-corrected chi connectivity index (χ3v) is 16.1. The number of amides is 2. The molecule has 434 valence electrons. The number of esters is 1. The molecule has 16 atom stereocenters. The number of hydrogen-bond donors (Lipinski definition) is 4. The normalized spacial score (nSPS) is 36.2. The van der Waals surface area contributed by atoms with E-state index in [0.29, 0.717) is 72.8 Å². The summed E-state index contributed by atoms with van der Waals surface area (Å²) in [5.41, 5.74) is 0.817. The van der Waals surface area contributed by atoms with Crippen molar-refractivity contribution in [1.29, 1.82) is 0 Å². The molecule has 1 aliphatic carbocycles. The van der Waals surface area contributed by atoms with Crippen molar-refractivity contribution < 1.29 is 82.7 Å². The number of hydrogen-bond acceptors (Lipinski definition) is 18. The fourth-order valence-electron chi connectivity index (χ4n) is 11.1. The van der Waals surface area contributed by atoms with Gasteiger partial charge in [-0.25, -0.2) is 14.4 Å². The van der Waals surface area contributed by atoms with Crippen LogP contribution in [-0.4, -0.2) is 159 Å². The molecule has 3 heterocycles. The van der Waals surface area contributed by atoms with Crippen LogP contribution in [-0.2, 0) is 57.3 Å². The molecule has 0 aromatic heterocycles. The van der Waals surface area contributed by atoms with E-state index < -0.39 is 114 Å². The van der Waals surface area contributed by atoms with Gasteiger partial charge in [0.2, 0.25) is 5.79 Å². The van der Waals surface area contributed by atoms with Gasteiger partial charge in [0.1, 0.15) is 36.2 Å². The first-order valence-electron chi connectivity index (χ1n) is 27.6. The minimum absolute atomic E-state index is 0.0217. The van der Waals surface area contributed by atoms with E-state index in [4.69, 9.17) is 28.5 Å². The van der Waals surface area contributed by atoms with Crippen molar-refractivity contribution in [2.75, 3.05) is 27.8 Å². The second kappa shape index (κ2) is 30.1. The van der Waals surface area contributed by atoms with Crippen LogP contribution in [0.15, 0.2) is 47.6 Å². The number of hydroxylamine groups is 4. The molecule has 4 aliphatic rings. The van der Waals surface area contributed by atoms with Crippen molar-refractivity contribution in [1.82, 2.24) is 15.2 Å². The van der Waals surface area contributed by atoms with Crippen LogP contribution in [0.2, 0.25) is 0 Å². The highest BCUT2D eigenvalue weighted by Crippen LogP contribution is 2.39. The number of allylic oxidation sites excluding steroid dienone is 6. The number of piperidine rings is 1. The van der Waals surface area contributed by atoms with Crippen LogP contribution < -0.4 is 0 Å². The number of ketones is 3. The van der Waals surface area contributed by atoms with Gasteiger partial charge in [0.05, 0.1) is 31.2 Å². The Balaban J connectivity index is 1.75. The number of Topliss-reactive ketones (excluding diaryl/α,β-unsaturated/α-hetero) is 3. The molecule has 0 spiro atoms. The molecule has 0 radical (unpaired) electrons. The molecule has 2 amide bonds. The van der Waals surface area contributed by atoms with Crippen LogP contribution in [0.4, 0.5) is 4.79 Å². The number of aliphatic hydroxyl groups excluding tert-OH is 1. The Labute approximate surface area is 455 Å². The minimum atomic E-state index is -2.65. The van der Waals surface area contributed by atoms with Gasteiger partial charge in [-0.1, -0.05) is 78.0 Å². The second-order valence-corrected chi connectivity index (χ2v) is 22.2. The van der Waals surface area contributed by atoms with Gasteiger partial charge in [-0.3, -0.25) is 29.6 Å². The molecule has 2 bridgehead atoms. The number of ether oxygens (including phenoxy) is 5. The first kappa shape index (κ1) is 64.9. The quantitative estimate of drug-likeness (QED) is 0.0554. The summed E-state index contributed by atoms with van der Waals surface area (Å²) in [5, 5.41) is 45.4. The van der Waals surface area contributed by atoms with Crippen LogP contribution in [0.25, 0.3) is 0 Å². The van der Waals surface area contributed by atoms with Crippen molar-refractivity contribution in [3.05, 3.63) is 47.6 Å². The second-order valence-electron chi connectivity index (χ2n) is 22.2. The molecule has 2 saturated heterocycles. The average Bonchev–Trinajstić information content (AvgIpc) is 3.39. The first-order valence-corrected chi connectivity index (χ1v) is 27.6. The van der Waals surface area contributed by atoms with E-state index in [2.05, 4.69) is 0 Å². The van der Waals surface area contributed by atoms with Gasteiger partial charge in [0, 0.05) is 51.4 Å². The van der Waals surface area contributed by atoms with Crippen LogP contribution in [0, 0.1) is 41.4 Å². The lowest BCUT2D eigenvalue weighted by Crippen LogP contribution is -2.61. The standard InChI is InChI=1S/C57H89N3O17/c1-13-40(9)74-56(68)60(71)45-31-42-24-22-39(8)57(69,76-42)52(64)53(65)59-26-18-17-21-44(59)55(67)75-47(36(5)29-41-23-25-43(48(30-41)72-11)54(66)77-58(10)70)32-46(61)35(4)28-38(7)50(63)51(73-12)49(62)37(6)27-33(2)19-15-14-16-20-34(45)3/h14-16,19-20,28,33,35-37,39-45,47-48,50-51,63,69-71H,13,17-18,21-27,29-32H2,1-12H3/b16-14+,19-15+,34-20+,38-28+/t33-,35-,36-,37-,39-,40?,41+,42+,43-,44+,45+,47+,48-,50-,51+,57-/m1/s1. The van der Waals surface area contributed by atoms with E-state index in [9.17, 15) is 54.2 Å². The number of aliphatic hydroxyl groups is 2. The van der Waals surface area contributed by atoms with Crippen molar-refractivity contribution in [2.24, 2.45) is 41.4 Å². The third kappa shape index (κ3) is 17.7. The molecular formula is C57H89N3O17. The number of rotatable bonds is 10. The van der Waals surface area contributed by atoms with Gasteiger partial charge < -0.3 is 43.6 Å². The molecule has 1 saturated carbocycles. The highest BCUT2D eigenvalue weighted by Gasteiger charge is 2.53. The summed E-state index contributed by atoms with van der Waals surface area (Å²) in [6.07, 6.45) is 7.51. The van der Waals surface area contributed by atoms with E-state index in [-0.39, 0.29) is 62.1 Å². The summed E-state index contributed by atoms with van der Waals surface area (Å²) in [7, 11) is 4.00. The zero-order valence-corrected chi connectivity index (χ0v) is 47.5. The Morgan fingerprint density at radius 2 is 1.60 bits per heavy atom. The topological polar surface area (TPSA) is 266 Å². The highest BCUT2D eigenvalue weighted by atomic mass is 16.9. The average molecular weight is 1090 g/mol. The summed E-state index contributed by atoms with van der Waals surface area (Å²) in [4.78, 5) is 104. The predicted octanol–water partition coefficient (Wildman–Crippen LogP) is 7.20. The van der Waals surface area contributed by atoms with Gasteiger partial charge in [0.25, 0.3) is 11.7 Å². The number of methoxy groups -OCH3 is 2. The smallest absolute Gasteiger partial charge is 0.434 e. The molecule has 1 unspecified atom stereocenters. The number of carbonyl (C=O) groups excluding carboxylic acids is 7. The molecule has 4 N–H and O–H groups in total. The predicted molar refractivity (Wildman–Crippen MR) is 281 cm³/mol. The molecule has 0 aromatic rings. The van der Waals surface area contributed by atoms with E-state index in [1.165, 1.54) is 21.3 Å². The lowest BCUT2D eigenvalue weighted by atomic mass is 9.75. The largest absolute Gasteiger partial charge is 0.460 e. The molecule has 20 heteroatoms. The Morgan fingerprint density at radius 1 is 0.896 bits per heavy atom. The molecule has 3 aliphatic heterocycles. The summed E-state index contributed by atoms with van der Waals surface area (Å²) in [6.45, 7) is 15.5. The van der Waals surface area contributed by atoms with Crippen molar-refractivity contribution in [2.45, 2.75) is 200 Å². The maximum absolute atomic E-state index is 14.6. The summed E-state index contributed by atoms with van der Waals surface area (Å²) in [5.74, 6) is -10.8. The van der Waals surface area contributed by atoms with Crippen LogP contribution >= 0.6 is 0 Å². The van der Waals surface area contributed by atoms with Crippen molar-refractivity contribution in [3.8, 4) is 0 Å². The number of carbonyl (C=O) groups is 7. The van der Waals surface area contributed by atoms with Gasteiger partial charge >= 0.3 is 18.0 Å². The van der Waals surface area contributed by atoms with Gasteiger partial charge in [-0.15, -0.1) is 0 Å². The minimum Gasteiger partial charge on any atom is -0.460 e. The maximum atomic E-state index is 14.6. The molecule has 3 fully saturated rings. The maximum Gasteiger partial charge on any atom is 0.434 e. The lowest BCUT2D eigenvalue weighted by Gasteiger charge is -2.43. The van der Waals surface area contributed by atoms with Gasteiger partial charge in [0.15, 0.2) is 5.78 Å². The molecule has 4 rings (SSSR count). The van der Waals surface area contributed by atoms with Crippen LogP contribution in [0.3, 0.4) is 0 Å². The lowest BCUT2D eigenvalue weighted by molar-refractivity contribution is -0.306. The number of nitrogens with zero attached hydrogens (tertiary/aromatic N) is 3. The Kier molecular flexibility index (Phi) is 25.3. The van der Waals surface area contributed by atoms with Crippen molar-refractivity contribution in [3.63, 3.8) is 0 Å². The Morgan fingerprint density at radius 3 is 2.25 bits per heavy atom. The first-order chi connectivity index (χ1) is 36.3. The number of cyclic esters (lactones) is 1. The van der Waals surface area contributed by atoms with E-state index >= 15 is 0 Å².